The molecule has 3 heterocycles. The third kappa shape index (κ3) is 4.44. The average Bonchev–Trinajstić information content (AvgIpc) is 2.82. The molecule has 0 bridgehead atoms. The number of nitrogens with one attached hydrogen (secondary N) is 1. The number of hydrogen-bond donors (Lipinski definition) is 1. The Morgan fingerprint density at radius 2 is 1.97 bits per heavy atom. The Labute approximate surface area is 207 Å². The molecule has 5 rings (SSSR count). The van der Waals surface area contributed by atoms with Crippen molar-refractivity contribution in [2.45, 2.75) is 81.7 Å². The average molecular weight is 480 g/mol. The van der Waals surface area contributed by atoms with Gasteiger partial charge in [0.15, 0.2) is 5.82 Å². The molecule has 1 saturated carbocycles. The lowest BCUT2D eigenvalue weighted by atomic mass is 9.44. The summed E-state index contributed by atoms with van der Waals surface area (Å²) >= 11 is 1.66. The van der Waals surface area contributed by atoms with Crippen LogP contribution in [-0.4, -0.2) is 33.9 Å². The zero-order chi connectivity index (χ0) is 23.8. The van der Waals surface area contributed by atoms with E-state index < -0.39 is 5.97 Å². The van der Waals surface area contributed by atoms with Crippen LogP contribution in [0.4, 0.5) is 11.5 Å². The number of hydrogen-bond acceptors (Lipinski definition) is 7. The predicted molar refractivity (Wildman–Crippen MR) is 133 cm³/mol. The molecule has 6 nitrogen and oxygen atoms in total. The van der Waals surface area contributed by atoms with E-state index in [4.69, 9.17) is 0 Å². The maximum absolute atomic E-state index is 11.9. The van der Waals surface area contributed by atoms with Crippen LogP contribution in [0.15, 0.2) is 40.5 Å². The normalized spacial score (nSPS) is 21.1. The standard InChI is InChI=1S/C27H36N4O2S/c1-3-5-8-27(20(4-2)25(32)33)17-26(18-27)9-13-31(14-10-26)16-19-6-7-22-21(15-19)30-23-24(34-22)29-12-11-28-23/h6-7,11-12,15,20H,3-5,8-10,13-14,16-18H2,1-2H3,(H,28,30)(H,32,33)/p-1. The van der Waals surface area contributed by atoms with E-state index in [0.717, 1.165) is 68.3 Å². The van der Waals surface area contributed by atoms with Crippen LogP contribution >= 0.6 is 11.8 Å². The zero-order valence-corrected chi connectivity index (χ0v) is 21.1. The molecular weight excluding hydrogens is 444 g/mol. The van der Waals surface area contributed by atoms with Crippen LogP contribution < -0.4 is 10.4 Å². The first kappa shape index (κ1) is 23.6. The number of piperidine rings is 1. The van der Waals surface area contributed by atoms with Crippen molar-refractivity contribution in [3.8, 4) is 0 Å². The Bertz CT molecular complexity index is 1040. The van der Waals surface area contributed by atoms with Crippen LogP contribution in [0.3, 0.4) is 0 Å². The first-order valence-corrected chi connectivity index (χ1v) is 13.6. The molecule has 1 saturated heterocycles. The number of benzene rings is 1. The number of anilines is 2. The van der Waals surface area contributed by atoms with Crippen molar-refractivity contribution in [1.29, 1.82) is 0 Å². The lowest BCUT2D eigenvalue weighted by molar-refractivity contribution is -0.320. The first-order valence-electron chi connectivity index (χ1n) is 12.8. The monoisotopic (exact) mass is 479 g/mol. The zero-order valence-electron chi connectivity index (χ0n) is 20.3. The van der Waals surface area contributed by atoms with Crippen molar-refractivity contribution in [3.63, 3.8) is 0 Å². The third-order valence-electron chi connectivity index (χ3n) is 8.41. The van der Waals surface area contributed by atoms with Gasteiger partial charge in [0.1, 0.15) is 5.03 Å². The fourth-order valence-corrected chi connectivity index (χ4v) is 7.67. The van der Waals surface area contributed by atoms with E-state index in [-0.39, 0.29) is 11.3 Å². The number of aliphatic carboxylic acids is 1. The summed E-state index contributed by atoms with van der Waals surface area (Å²) < 4.78 is 0. The van der Waals surface area contributed by atoms with E-state index in [9.17, 15) is 9.90 Å². The minimum absolute atomic E-state index is 0.0349. The minimum atomic E-state index is -0.835. The molecule has 1 N–H and O–H groups in total. The molecule has 7 heteroatoms. The van der Waals surface area contributed by atoms with Crippen molar-refractivity contribution < 1.29 is 9.90 Å². The van der Waals surface area contributed by atoms with Gasteiger partial charge in [-0.3, -0.25) is 4.90 Å². The molecule has 34 heavy (non-hydrogen) atoms. The number of carboxylic acid groups (broad SMARTS) is 1. The SMILES string of the molecule is CCCCC1(C(CC)C(=O)[O-])CC2(CCN(Cc3ccc4c(c3)Nc3nccnc3S4)CC2)C1. The molecule has 2 aliphatic heterocycles. The van der Waals surface area contributed by atoms with Crippen LogP contribution in [0.2, 0.25) is 0 Å². The second kappa shape index (κ2) is 9.50. The number of nitrogens with zero attached hydrogens (tertiary/aromatic N) is 3. The fraction of sp³-hybridized carbons (Fsp3) is 0.593. The first-order chi connectivity index (χ1) is 16.5. The summed E-state index contributed by atoms with van der Waals surface area (Å²) in [7, 11) is 0. The quantitative estimate of drug-likeness (QED) is 0.486. The van der Waals surface area contributed by atoms with Gasteiger partial charge in [0.25, 0.3) is 0 Å². The third-order valence-corrected chi connectivity index (χ3v) is 9.47. The van der Waals surface area contributed by atoms with Gasteiger partial charge in [0, 0.05) is 35.7 Å². The van der Waals surface area contributed by atoms with E-state index in [2.05, 4.69) is 45.3 Å². The number of rotatable bonds is 8. The number of likely N-dealkylation sites (tertiary alicyclic amines) is 1. The van der Waals surface area contributed by atoms with Gasteiger partial charge in [0.05, 0.1) is 5.69 Å². The molecule has 2 aromatic rings. The lowest BCUT2D eigenvalue weighted by Crippen LogP contribution is -2.57. The van der Waals surface area contributed by atoms with Crippen LogP contribution in [0.25, 0.3) is 0 Å². The molecular formula is C27H35N4O2S-. The Morgan fingerprint density at radius 1 is 1.21 bits per heavy atom. The highest BCUT2D eigenvalue weighted by atomic mass is 32.2. The van der Waals surface area contributed by atoms with E-state index in [1.807, 2.05) is 6.92 Å². The highest BCUT2D eigenvalue weighted by Crippen LogP contribution is 2.65. The molecule has 1 unspecified atom stereocenters. The van der Waals surface area contributed by atoms with E-state index in [1.54, 1.807) is 24.2 Å². The Balaban J connectivity index is 1.19. The van der Waals surface area contributed by atoms with Gasteiger partial charge in [-0.05, 0) is 80.1 Å². The summed E-state index contributed by atoms with van der Waals surface area (Å²) in [5, 5.41) is 16.3. The van der Waals surface area contributed by atoms with Crippen molar-refractivity contribution >= 4 is 29.2 Å². The van der Waals surface area contributed by atoms with Crippen LogP contribution in [0, 0.1) is 16.7 Å². The van der Waals surface area contributed by atoms with Crippen LogP contribution in [0.1, 0.15) is 70.8 Å². The number of carboxylic acids is 1. The summed E-state index contributed by atoms with van der Waals surface area (Å²) in [6, 6.07) is 6.66. The number of fused-ring (bicyclic) bond motifs is 2. The number of carbonyl (C=O) groups is 1. The lowest BCUT2D eigenvalue weighted by Gasteiger charge is -2.62. The topological polar surface area (TPSA) is 81.2 Å². The van der Waals surface area contributed by atoms with Gasteiger partial charge in [-0.2, -0.15) is 0 Å². The van der Waals surface area contributed by atoms with Crippen molar-refractivity contribution in [2.75, 3.05) is 18.4 Å². The molecule has 1 spiro atoms. The van der Waals surface area contributed by atoms with Gasteiger partial charge >= 0.3 is 0 Å². The second-order valence-corrected chi connectivity index (χ2v) is 11.7. The molecule has 2 fully saturated rings. The second-order valence-electron chi connectivity index (χ2n) is 10.6. The summed E-state index contributed by atoms with van der Waals surface area (Å²) in [5.74, 6) is -0.299. The molecule has 1 aliphatic carbocycles. The van der Waals surface area contributed by atoms with Crippen molar-refractivity contribution in [2.24, 2.45) is 16.7 Å². The maximum atomic E-state index is 11.9. The van der Waals surface area contributed by atoms with Crippen molar-refractivity contribution in [3.05, 3.63) is 36.2 Å². The maximum Gasteiger partial charge on any atom is 0.163 e. The van der Waals surface area contributed by atoms with E-state index >= 15 is 0 Å². The van der Waals surface area contributed by atoms with Gasteiger partial charge in [-0.15, -0.1) is 0 Å². The molecule has 1 aromatic carbocycles. The van der Waals surface area contributed by atoms with Crippen LogP contribution in [0.5, 0.6) is 0 Å². The molecule has 0 radical (unpaired) electrons. The van der Waals surface area contributed by atoms with Gasteiger partial charge < -0.3 is 15.2 Å². The van der Waals surface area contributed by atoms with Crippen molar-refractivity contribution in [1.82, 2.24) is 14.9 Å². The minimum Gasteiger partial charge on any atom is -0.550 e. The summed E-state index contributed by atoms with van der Waals surface area (Å²) in [4.78, 5) is 24.5. The number of carbonyl (C=O) groups excluding carboxylic acids is 1. The summed E-state index contributed by atoms with van der Waals surface area (Å²) in [5.41, 5.74) is 2.72. The molecule has 0 amide bonds. The Morgan fingerprint density at radius 3 is 2.68 bits per heavy atom. The number of unbranched alkanes of at least 4 members (excludes halogenated alkanes) is 1. The largest absolute Gasteiger partial charge is 0.550 e. The molecule has 3 aliphatic rings. The molecule has 1 atom stereocenters. The van der Waals surface area contributed by atoms with E-state index in [1.165, 1.54) is 23.3 Å². The summed E-state index contributed by atoms with van der Waals surface area (Å²) in [6.45, 7) is 7.32. The fourth-order valence-electron chi connectivity index (χ4n) is 6.79. The van der Waals surface area contributed by atoms with Gasteiger partial charge in [-0.25, -0.2) is 9.97 Å². The van der Waals surface area contributed by atoms with Crippen LogP contribution in [-0.2, 0) is 11.3 Å². The van der Waals surface area contributed by atoms with Gasteiger partial charge in [-0.1, -0.05) is 44.5 Å². The predicted octanol–water partition coefficient (Wildman–Crippen LogP) is 5.01. The summed E-state index contributed by atoms with van der Waals surface area (Å²) in [6.07, 6.45) is 11.9. The Hall–Kier alpha value is -2.12. The van der Waals surface area contributed by atoms with Gasteiger partial charge in [0.2, 0.25) is 0 Å². The highest BCUT2D eigenvalue weighted by Gasteiger charge is 2.57. The Kier molecular flexibility index (Phi) is 6.60. The molecule has 1 aromatic heterocycles. The molecule has 182 valence electrons. The number of aromatic nitrogens is 2. The smallest absolute Gasteiger partial charge is 0.163 e. The highest BCUT2D eigenvalue weighted by molar-refractivity contribution is 7.99. The van der Waals surface area contributed by atoms with E-state index in [0.29, 0.717) is 11.8 Å².